The number of carbonyl (C=O) groups is 3. The van der Waals surface area contributed by atoms with Gasteiger partial charge in [-0.3, -0.25) is 9.59 Å². The van der Waals surface area contributed by atoms with Crippen molar-refractivity contribution in [2.24, 2.45) is 5.41 Å². The van der Waals surface area contributed by atoms with Crippen LogP contribution in [0.4, 0.5) is 0 Å². The van der Waals surface area contributed by atoms with Gasteiger partial charge >= 0.3 is 5.97 Å². The number of aryl methyl sites for hydroxylation is 1. The predicted molar refractivity (Wildman–Crippen MR) is 83.9 cm³/mol. The zero-order valence-corrected chi connectivity index (χ0v) is 14.0. The minimum atomic E-state index is -1.06. The van der Waals surface area contributed by atoms with Crippen molar-refractivity contribution < 1.29 is 23.9 Å². The van der Waals surface area contributed by atoms with Crippen LogP contribution in [-0.4, -0.2) is 29.4 Å². The van der Waals surface area contributed by atoms with Crippen molar-refractivity contribution in [3.05, 3.63) is 23.2 Å². The lowest BCUT2D eigenvalue weighted by Crippen LogP contribution is -2.35. The smallest absolute Gasteiger partial charge is 0.339 e. The quantitative estimate of drug-likeness (QED) is 0.663. The van der Waals surface area contributed by atoms with E-state index in [-0.39, 0.29) is 30.3 Å². The van der Waals surface area contributed by atoms with Gasteiger partial charge in [0, 0.05) is 18.4 Å². The number of carbonyl (C=O) groups excluding carboxylic acids is 2. The van der Waals surface area contributed by atoms with Crippen molar-refractivity contribution in [1.82, 2.24) is 10.6 Å². The van der Waals surface area contributed by atoms with Crippen LogP contribution in [0.2, 0.25) is 0 Å². The molecule has 0 fully saturated rings. The maximum Gasteiger partial charge on any atom is 0.339 e. The SMILES string of the molecule is Cc1oc(CNC(=O)CCCNC(=O)C(C)(C)C)cc1C(=O)O. The number of hydrogen-bond donors (Lipinski definition) is 3. The standard InChI is InChI=1S/C16H24N2O5/c1-10-12(14(20)21)8-11(23-10)9-18-13(19)6-5-7-17-15(22)16(2,3)4/h8H,5-7,9H2,1-4H3,(H,17,22)(H,18,19)(H,20,21). The summed E-state index contributed by atoms with van der Waals surface area (Å²) in [4.78, 5) is 34.2. The average Bonchev–Trinajstić information content (AvgIpc) is 2.81. The van der Waals surface area contributed by atoms with Crippen molar-refractivity contribution in [3.63, 3.8) is 0 Å². The summed E-state index contributed by atoms with van der Waals surface area (Å²) in [6.45, 7) is 7.61. The van der Waals surface area contributed by atoms with E-state index in [1.54, 1.807) is 6.92 Å². The molecule has 0 aliphatic heterocycles. The van der Waals surface area contributed by atoms with Crippen LogP contribution in [0, 0.1) is 12.3 Å². The zero-order chi connectivity index (χ0) is 17.6. The molecule has 2 amide bonds. The molecule has 0 aliphatic rings. The number of aromatic carboxylic acids is 1. The molecule has 1 aromatic rings. The van der Waals surface area contributed by atoms with Crippen LogP contribution >= 0.6 is 0 Å². The molecule has 0 saturated carbocycles. The Balaban J connectivity index is 2.29. The number of carboxylic acid groups (broad SMARTS) is 1. The Labute approximate surface area is 135 Å². The molecule has 0 unspecified atom stereocenters. The summed E-state index contributed by atoms with van der Waals surface area (Å²) in [5, 5.41) is 14.4. The van der Waals surface area contributed by atoms with E-state index < -0.39 is 11.4 Å². The monoisotopic (exact) mass is 324 g/mol. The molecule has 0 spiro atoms. The molecule has 1 heterocycles. The van der Waals surface area contributed by atoms with Gasteiger partial charge in [-0.2, -0.15) is 0 Å². The second kappa shape index (κ2) is 7.80. The molecule has 7 nitrogen and oxygen atoms in total. The summed E-state index contributed by atoms with van der Waals surface area (Å²) in [6.07, 6.45) is 0.807. The average molecular weight is 324 g/mol. The highest BCUT2D eigenvalue weighted by atomic mass is 16.4. The molecule has 0 atom stereocenters. The topological polar surface area (TPSA) is 109 Å². The predicted octanol–water partition coefficient (Wildman–Crippen LogP) is 1.84. The zero-order valence-electron chi connectivity index (χ0n) is 14.0. The maximum absolute atomic E-state index is 11.7. The Morgan fingerprint density at radius 1 is 1.22 bits per heavy atom. The lowest BCUT2D eigenvalue weighted by atomic mass is 9.96. The third-order valence-electron chi connectivity index (χ3n) is 3.21. The number of carboxylic acids is 1. The first-order valence-corrected chi connectivity index (χ1v) is 7.49. The third kappa shape index (κ3) is 6.14. The van der Waals surface area contributed by atoms with Crippen LogP contribution in [0.5, 0.6) is 0 Å². The van der Waals surface area contributed by atoms with Gasteiger partial charge < -0.3 is 20.2 Å². The summed E-state index contributed by atoms with van der Waals surface area (Å²) < 4.78 is 5.27. The van der Waals surface area contributed by atoms with Gasteiger partial charge in [0.15, 0.2) is 0 Å². The first kappa shape index (κ1) is 18.7. The Bertz CT molecular complexity index is 584. The minimum absolute atomic E-state index is 0.0508. The lowest BCUT2D eigenvalue weighted by Gasteiger charge is -2.17. The highest BCUT2D eigenvalue weighted by Crippen LogP contribution is 2.14. The molecular formula is C16H24N2O5. The normalized spacial score (nSPS) is 11.1. The number of rotatable bonds is 7. The summed E-state index contributed by atoms with van der Waals surface area (Å²) >= 11 is 0. The van der Waals surface area contributed by atoms with Gasteiger partial charge in [-0.25, -0.2) is 4.79 Å². The first-order chi connectivity index (χ1) is 10.6. The van der Waals surface area contributed by atoms with E-state index in [0.29, 0.717) is 24.5 Å². The molecule has 1 rings (SSSR count). The van der Waals surface area contributed by atoms with Crippen LogP contribution in [-0.2, 0) is 16.1 Å². The van der Waals surface area contributed by atoms with Crippen molar-refractivity contribution >= 4 is 17.8 Å². The maximum atomic E-state index is 11.7. The molecule has 0 aliphatic carbocycles. The van der Waals surface area contributed by atoms with Crippen LogP contribution < -0.4 is 10.6 Å². The molecule has 7 heteroatoms. The highest BCUT2D eigenvalue weighted by molar-refractivity contribution is 5.88. The Morgan fingerprint density at radius 2 is 1.87 bits per heavy atom. The fourth-order valence-electron chi connectivity index (χ4n) is 1.83. The molecule has 23 heavy (non-hydrogen) atoms. The second-order valence-electron chi connectivity index (χ2n) is 6.37. The van der Waals surface area contributed by atoms with E-state index in [2.05, 4.69) is 10.6 Å². The lowest BCUT2D eigenvalue weighted by molar-refractivity contribution is -0.128. The second-order valence-corrected chi connectivity index (χ2v) is 6.37. The van der Waals surface area contributed by atoms with E-state index in [9.17, 15) is 14.4 Å². The fourth-order valence-corrected chi connectivity index (χ4v) is 1.83. The highest BCUT2D eigenvalue weighted by Gasteiger charge is 2.20. The van der Waals surface area contributed by atoms with Crippen molar-refractivity contribution in [2.45, 2.75) is 47.1 Å². The molecular weight excluding hydrogens is 300 g/mol. The largest absolute Gasteiger partial charge is 0.478 e. The van der Waals surface area contributed by atoms with E-state index in [1.807, 2.05) is 20.8 Å². The summed E-state index contributed by atoms with van der Waals surface area (Å²) in [5.41, 5.74) is -0.347. The van der Waals surface area contributed by atoms with Crippen LogP contribution in [0.25, 0.3) is 0 Å². The van der Waals surface area contributed by atoms with Gasteiger partial charge in [-0.1, -0.05) is 20.8 Å². The molecule has 0 radical (unpaired) electrons. The summed E-state index contributed by atoms with van der Waals surface area (Å²) in [7, 11) is 0. The van der Waals surface area contributed by atoms with E-state index in [4.69, 9.17) is 9.52 Å². The van der Waals surface area contributed by atoms with Gasteiger partial charge in [0.05, 0.1) is 6.54 Å². The van der Waals surface area contributed by atoms with E-state index in [1.165, 1.54) is 6.07 Å². The fraction of sp³-hybridized carbons (Fsp3) is 0.562. The van der Waals surface area contributed by atoms with Gasteiger partial charge in [0.2, 0.25) is 11.8 Å². The summed E-state index contributed by atoms with van der Waals surface area (Å²) in [5.74, 6) is -0.578. The Kier molecular flexibility index (Phi) is 6.36. The first-order valence-electron chi connectivity index (χ1n) is 7.49. The van der Waals surface area contributed by atoms with Gasteiger partial charge in [-0.15, -0.1) is 0 Å². The van der Waals surface area contributed by atoms with Crippen molar-refractivity contribution in [2.75, 3.05) is 6.54 Å². The number of amides is 2. The number of furan rings is 1. The molecule has 0 aromatic carbocycles. The minimum Gasteiger partial charge on any atom is -0.478 e. The molecule has 0 saturated heterocycles. The van der Waals surface area contributed by atoms with Gasteiger partial charge in [0.1, 0.15) is 17.1 Å². The third-order valence-corrected chi connectivity index (χ3v) is 3.21. The Hall–Kier alpha value is -2.31. The molecule has 3 N–H and O–H groups in total. The van der Waals surface area contributed by atoms with Crippen LogP contribution in [0.1, 0.15) is 55.5 Å². The Morgan fingerprint density at radius 3 is 2.39 bits per heavy atom. The van der Waals surface area contributed by atoms with Crippen LogP contribution in [0.15, 0.2) is 10.5 Å². The van der Waals surface area contributed by atoms with Gasteiger partial charge in [0.25, 0.3) is 0 Å². The number of hydrogen-bond acceptors (Lipinski definition) is 4. The number of nitrogens with one attached hydrogen (secondary N) is 2. The summed E-state index contributed by atoms with van der Waals surface area (Å²) in [6, 6.07) is 1.40. The van der Waals surface area contributed by atoms with Crippen molar-refractivity contribution in [3.8, 4) is 0 Å². The van der Waals surface area contributed by atoms with Crippen LogP contribution in [0.3, 0.4) is 0 Å². The molecule has 1 aromatic heterocycles. The van der Waals surface area contributed by atoms with Gasteiger partial charge in [-0.05, 0) is 19.4 Å². The molecule has 0 bridgehead atoms. The van der Waals surface area contributed by atoms with E-state index >= 15 is 0 Å². The van der Waals surface area contributed by atoms with E-state index in [0.717, 1.165) is 0 Å². The molecule has 128 valence electrons. The van der Waals surface area contributed by atoms with Crippen molar-refractivity contribution in [1.29, 1.82) is 0 Å².